The molecule has 0 saturated heterocycles. The normalized spacial score (nSPS) is 10.3. The van der Waals surface area contributed by atoms with Crippen molar-refractivity contribution < 1.29 is 0 Å². The summed E-state index contributed by atoms with van der Waals surface area (Å²) in [6.45, 7) is 0.659. The van der Waals surface area contributed by atoms with Crippen LogP contribution in [0.5, 0.6) is 0 Å². The lowest BCUT2D eigenvalue weighted by Gasteiger charge is -2.11. The molecule has 94 valence electrons. The number of rotatable bonds is 4. The van der Waals surface area contributed by atoms with E-state index in [4.69, 9.17) is 0 Å². The van der Waals surface area contributed by atoms with E-state index in [2.05, 4.69) is 25.6 Å². The van der Waals surface area contributed by atoms with Crippen LogP contribution in [0, 0.1) is 0 Å². The van der Waals surface area contributed by atoms with E-state index >= 15 is 0 Å². The lowest BCUT2D eigenvalue weighted by Crippen LogP contribution is -2.05. The predicted molar refractivity (Wildman–Crippen MR) is 70.7 cm³/mol. The highest BCUT2D eigenvalue weighted by atomic mass is 15.4. The van der Waals surface area contributed by atoms with Gasteiger partial charge < -0.3 is 5.32 Å². The van der Waals surface area contributed by atoms with Crippen LogP contribution in [0.4, 0.5) is 5.69 Å². The minimum atomic E-state index is 0.659. The van der Waals surface area contributed by atoms with Gasteiger partial charge in [0.1, 0.15) is 6.33 Å². The lowest BCUT2D eigenvalue weighted by molar-refractivity contribution is 0.803. The standard InChI is InChI=1S/C13H12N6/c1-2-4-13(19-6-5-17-18-19)12(3-1)16-9-11-7-14-10-15-8-11/h1-8,10,16H,9H2. The van der Waals surface area contributed by atoms with E-state index < -0.39 is 0 Å². The summed E-state index contributed by atoms with van der Waals surface area (Å²) in [6.07, 6.45) is 8.57. The summed E-state index contributed by atoms with van der Waals surface area (Å²) in [5.74, 6) is 0. The van der Waals surface area contributed by atoms with Crippen LogP contribution in [0.25, 0.3) is 5.69 Å². The van der Waals surface area contributed by atoms with E-state index in [0.717, 1.165) is 16.9 Å². The Morgan fingerprint density at radius 3 is 2.74 bits per heavy atom. The van der Waals surface area contributed by atoms with Gasteiger partial charge in [-0.1, -0.05) is 17.3 Å². The van der Waals surface area contributed by atoms with Crippen molar-refractivity contribution >= 4 is 5.69 Å². The van der Waals surface area contributed by atoms with Gasteiger partial charge >= 0.3 is 0 Å². The van der Waals surface area contributed by atoms with Gasteiger partial charge in [-0.05, 0) is 12.1 Å². The van der Waals surface area contributed by atoms with Gasteiger partial charge in [0.05, 0.1) is 23.8 Å². The molecule has 2 aromatic heterocycles. The van der Waals surface area contributed by atoms with E-state index in [-0.39, 0.29) is 0 Å². The fourth-order valence-corrected chi connectivity index (χ4v) is 1.78. The molecule has 0 aliphatic carbocycles. The first kappa shape index (κ1) is 11.3. The second-order valence-electron chi connectivity index (χ2n) is 3.97. The lowest BCUT2D eigenvalue weighted by atomic mass is 10.2. The summed E-state index contributed by atoms with van der Waals surface area (Å²) in [5, 5.41) is 11.2. The van der Waals surface area contributed by atoms with Crippen LogP contribution in [-0.2, 0) is 6.54 Å². The molecule has 0 aliphatic heterocycles. The molecule has 0 bridgehead atoms. The van der Waals surface area contributed by atoms with Crippen LogP contribution in [0.1, 0.15) is 5.56 Å². The number of nitrogens with one attached hydrogen (secondary N) is 1. The summed E-state index contributed by atoms with van der Waals surface area (Å²) in [5.41, 5.74) is 2.96. The second kappa shape index (κ2) is 5.26. The molecule has 0 atom stereocenters. The van der Waals surface area contributed by atoms with Crippen molar-refractivity contribution in [1.82, 2.24) is 25.0 Å². The summed E-state index contributed by atoms with van der Waals surface area (Å²) in [6, 6.07) is 7.93. The molecule has 3 aromatic rings. The van der Waals surface area contributed by atoms with Crippen molar-refractivity contribution in [3.05, 3.63) is 60.9 Å². The highest BCUT2D eigenvalue weighted by Gasteiger charge is 2.04. The Labute approximate surface area is 110 Å². The third-order valence-electron chi connectivity index (χ3n) is 2.67. The first-order chi connectivity index (χ1) is 9.43. The number of hydrogen-bond donors (Lipinski definition) is 1. The Kier molecular flexibility index (Phi) is 3.14. The first-order valence-electron chi connectivity index (χ1n) is 5.87. The zero-order valence-corrected chi connectivity index (χ0v) is 10.1. The molecule has 0 aliphatic rings. The number of benzene rings is 1. The quantitative estimate of drug-likeness (QED) is 0.765. The molecule has 0 saturated carbocycles. The van der Waals surface area contributed by atoms with Crippen LogP contribution in [0.2, 0.25) is 0 Å². The zero-order valence-electron chi connectivity index (χ0n) is 10.1. The Bertz CT molecular complexity index is 635. The summed E-state index contributed by atoms with van der Waals surface area (Å²) in [4.78, 5) is 7.98. The monoisotopic (exact) mass is 252 g/mol. The minimum absolute atomic E-state index is 0.659. The highest BCUT2D eigenvalue weighted by Crippen LogP contribution is 2.19. The maximum atomic E-state index is 4.00. The third-order valence-corrected chi connectivity index (χ3v) is 2.67. The predicted octanol–water partition coefficient (Wildman–Crippen LogP) is 1.67. The number of para-hydroxylation sites is 2. The van der Waals surface area contributed by atoms with Crippen molar-refractivity contribution in [3.63, 3.8) is 0 Å². The molecule has 0 fully saturated rings. The number of anilines is 1. The first-order valence-corrected chi connectivity index (χ1v) is 5.87. The van der Waals surface area contributed by atoms with E-state index in [1.165, 1.54) is 6.33 Å². The van der Waals surface area contributed by atoms with E-state index in [1.807, 2.05) is 30.5 Å². The SMILES string of the molecule is c1ccc(-n2ccnn2)c(NCc2cncnc2)c1. The average molecular weight is 252 g/mol. The zero-order chi connectivity index (χ0) is 12.9. The summed E-state index contributed by atoms with van der Waals surface area (Å²) in [7, 11) is 0. The van der Waals surface area contributed by atoms with Gasteiger partial charge in [0.15, 0.2) is 0 Å². The van der Waals surface area contributed by atoms with Gasteiger partial charge in [0, 0.05) is 24.5 Å². The Morgan fingerprint density at radius 2 is 1.95 bits per heavy atom. The molecule has 19 heavy (non-hydrogen) atoms. The minimum Gasteiger partial charge on any atom is -0.379 e. The molecular formula is C13H12N6. The second-order valence-corrected chi connectivity index (χ2v) is 3.97. The summed E-state index contributed by atoms with van der Waals surface area (Å²) >= 11 is 0. The largest absolute Gasteiger partial charge is 0.379 e. The third kappa shape index (κ3) is 2.57. The van der Waals surface area contributed by atoms with Crippen molar-refractivity contribution in [1.29, 1.82) is 0 Å². The molecule has 6 heteroatoms. The molecule has 1 N–H and O–H groups in total. The average Bonchev–Trinajstić information content (AvgIpc) is 3.01. The van der Waals surface area contributed by atoms with Gasteiger partial charge in [-0.15, -0.1) is 5.10 Å². The smallest absolute Gasteiger partial charge is 0.115 e. The van der Waals surface area contributed by atoms with Crippen LogP contribution in [-0.4, -0.2) is 25.0 Å². The molecule has 0 amide bonds. The Hall–Kier alpha value is -2.76. The van der Waals surface area contributed by atoms with Gasteiger partial charge in [0.25, 0.3) is 0 Å². The molecule has 0 radical (unpaired) electrons. The topological polar surface area (TPSA) is 68.5 Å². The molecule has 0 spiro atoms. The number of nitrogens with zero attached hydrogens (tertiary/aromatic N) is 5. The van der Waals surface area contributed by atoms with Crippen LogP contribution in [0.15, 0.2) is 55.4 Å². The van der Waals surface area contributed by atoms with Crippen molar-refractivity contribution in [2.75, 3.05) is 5.32 Å². The maximum absolute atomic E-state index is 4.00. The molecule has 6 nitrogen and oxygen atoms in total. The number of aromatic nitrogens is 5. The van der Waals surface area contributed by atoms with Gasteiger partial charge in [0.2, 0.25) is 0 Å². The van der Waals surface area contributed by atoms with Crippen molar-refractivity contribution in [2.45, 2.75) is 6.54 Å². The summed E-state index contributed by atoms with van der Waals surface area (Å²) < 4.78 is 1.73. The fourth-order valence-electron chi connectivity index (χ4n) is 1.78. The van der Waals surface area contributed by atoms with Gasteiger partial charge in [-0.25, -0.2) is 14.6 Å². The van der Waals surface area contributed by atoms with Crippen LogP contribution < -0.4 is 5.32 Å². The molecule has 3 rings (SSSR count). The number of hydrogen-bond acceptors (Lipinski definition) is 5. The van der Waals surface area contributed by atoms with Crippen molar-refractivity contribution in [2.24, 2.45) is 0 Å². The van der Waals surface area contributed by atoms with Crippen molar-refractivity contribution in [3.8, 4) is 5.69 Å². The fraction of sp³-hybridized carbons (Fsp3) is 0.0769. The van der Waals surface area contributed by atoms with E-state index in [9.17, 15) is 0 Å². The van der Waals surface area contributed by atoms with Gasteiger partial charge in [-0.3, -0.25) is 0 Å². The van der Waals surface area contributed by atoms with E-state index in [0.29, 0.717) is 6.54 Å². The molecule has 2 heterocycles. The highest BCUT2D eigenvalue weighted by molar-refractivity contribution is 5.60. The Balaban J connectivity index is 1.82. The molecule has 0 unspecified atom stereocenters. The molecule has 1 aromatic carbocycles. The van der Waals surface area contributed by atoms with Crippen LogP contribution in [0.3, 0.4) is 0 Å². The van der Waals surface area contributed by atoms with Gasteiger partial charge in [-0.2, -0.15) is 0 Å². The van der Waals surface area contributed by atoms with Crippen LogP contribution >= 0.6 is 0 Å². The molecular weight excluding hydrogens is 240 g/mol. The van der Waals surface area contributed by atoms with E-state index in [1.54, 1.807) is 23.3 Å². The maximum Gasteiger partial charge on any atom is 0.115 e. The Morgan fingerprint density at radius 1 is 1.11 bits per heavy atom.